The molecule has 5 nitrogen and oxygen atoms in total. The third-order valence-corrected chi connectivity index (χ3v) is 2.42. The lowest BCUT2D eigenvalue weighted by Crippen LogP contribution is -2.57. The standard InChI is InChI=1S/C6H8N4OS/c7-4-2-10(3-4)6(11)5-1-8-9-12-5/h1,4H,2-3,7H2. The summed E-state index contributed by atoms with van der Waals surface area (Å²) in [5.74, 6) is -0.00769. The van der Waals surface area contributed by atoms with Crippen molar-refractivity contribution >= 4 is 17.4 Å². The van der Waals surface area contributed by atoms with Crippen LogP contribution in [0.3, 0.4) is 0 Å². The summed E-state index contributed by atoms with van der Waals surface area (Å²) in [6.07, 6.45) is 1.48. The fourth-order valence-electron chi connectivity index (χ4n) is 1.10. The Labute approximate surface area is 73.3 Å². The predicted molar refractivity (Wildman–Crippen MR) is 43.8 cm³/mol. The van der Waals surface area contributed by atoms with Gasteiger partial charge in [-0.2, -0.15) is 0 Å². The fraction of sp³-hybridized carbons (Fsp3) is 0.500. The van der Waals surface area contributed by atoms with Crippen molar-refractivity contribution in [3.63, 3.8) is 0 Å². The van der Waals surface area contributed by atoms with Crippen LogP contribution in [-0.4, -0.2) is 39.5 Å². The summed E-state index contributed by atoms with van der Waals surface area (Å²) in [4.78, 5) is 13.7. The Morgan fingerprint density at radius 2 is 2.50 bits per heavy atom. The van der Waals surface area contributed by atoms with Crippen molar-refractivity contribution < 1.29 is 4.79 Å². The summed E-state index contributed by atoms with van der Waals surface area (Å²) < 4.78 is 3.62. The molecule has 2 N–H and O–H groups in total. The van der Waals surface area contributed by atoms with Crippen molar-refractivity contribution in [2.75, 3.05) is 13.1 Å². The van der Waals surface area contributed by atoms with E-state index in [0.29, 0.717) is 18.0 Å². The maximum Gasteiger partial charge on any atom is 0.267 e. The van der Waals surface area contributed by atoms with E-state index in [1.165, 1.54) is 6.20 Å². The van der Waals surface area contributed by atoms with Crippen LogP contribution in [0.1, 0.15) is 9.67 Å². The minimum Gasteiger partial charge on any atom is -0.335 e. The van der Waals surface area contributed by atoms with Crippen LogP contribution in [0.25, 0.3) is 0 Å². The summed E-state index contributed by atoms with van der Waals surface area (Å²) in [5, 5.41) is 3.59. The molecular formula is C6H8N4OS. The number of nitrogens with two attached hydrogens (primary N) is 1. The third-order valence-electron chi connectivity index (χ3n) is 1.77. The molecular weight excluding hydrogens is 176 g/mol. The summed E-state index contributed by atoms with van der Waals surface area (Å²) >= 11 is 1.12. The monoisotopic (exact) mass is 184 g/mol. The highest BCUT2D eigenvalue weighted by molar-refractivity contribution is 7.07. The number of carbonyl (C=O) groups is 1. The minimum atomic E-state index is -0.00769. The maximum atomic E-state index is 11.4. The lowest BCUT2D eigenvalue weighted by Gasteiger charge is -2.36. The van der Waals surface area contributed by atoms with Gasteiger partial charge in [0, 0.05) is 19.1 Å². The van der Waals surface area contributed by atoms with Gasteiger partial charge in [-0.15, -0.1) is 5.10 Å². The van der Waals surface area contributed by atoms with Crippen molar-refractivity contribution in [3.05, 3.63) is 11.1 Å². The predicted octanol–water partition coefficient (Wildman–Crippen LogP) is -0.679. The molecule has 2 heterocycles. The molecule has 1 aromatic heterocycles. The molecule has 0 unspecified atom stereocenters. The van der Waals surface area contributed by atoms with Gasteiger partial charge < -0.3 is 10.6 Å². The summed E-state index contributed by atoms with van der Waals surface area (Å²) in [5.41, 5.74) is 5.54. The second-order valence-electron chi connectivity index (χ2n) is 2.75. The Morgan fingerprint density at radius 3 is 3.00 bits per heavy atom. The number of hydrogen-bond acceptors (Lipinski definition) is 5. The largest absolute Gasteiger partial charge is 0.335 e. The zero-order chi connectivity index (χ0) is 8.55. The van der Waals surface area contributed by atoms with Gasteiger partial charge >= 0.3 is 0 Å². The van der Waals surface area contributed by atoms with Gasteiger partial charge in [-0.05, 0) is 11.5 Å². The topological polar surface area (TPSA) is 72.1 Å². The molecule has 0 aliphatic carbocycles. The molecule has 6 heteroatoms. The third kappa shape index (κ3) is 1.19. The average Bonchev–Trinajstić information content (AvgIpc) is 2.49. The van der Waals surface area contributed by atoms with Crippen LogP contribution in [0.5, 0.6) is 0 Å². The zero-order valence-electron chi connectivity index (χ0n) is 6.30. The number of nitrogens with zero attached hydrogens (tertiary/aromatic N) is 3. The molecule has 0 radical (unpaired) electrons. The molecule has 0 bridgehead atoms. The van der Waals surface area contributed by atoms with Gasteiger partial charge in [0.15, 0.2) is 0 Å². The summed E-state index contributed by atoms with van der Waals surface area (Å²) in [6.45, 7) is 1.30. The van der Waals surface area contributed by atoms with Crippen LogP contribution in [0, 0.1) is 0 Å². The van der Waals surface area contributed by atoms with E-state index in [0.717, 1.165) is 11.5 Å². The molecule has 0 atom stereocenters. The zero-order valence-corrected chi connectivity index (χ0v) is 7.12. The first kappa shape index (κ1) is 7.63. The molecule has 0 saturated carbocycles. The van der Waals surface area contributed by atoms with Gasteiger partial charge in [-0.1, -0.05) is 4.49 Å². The van der Waals surface area contributed by atoms with Gasteiger partial charge in [0.05, 0.1) is 6.20 Å². The Kier molecular flexibility index (Phi) is 1.78. The molecule has 2 rings (SSSR count). The quantitative estimate of drug-likeness (QED) is 0.627. The number of carbonyl (C=O) groups excluding carboxylic acids is 1. The van der Waals surface area contributed by atoms with E-state index in [-0.39, 0.29) is 11.9 Å². The minimum absolute atomic E-state index is 0.00769. The van der Waals surface area contributed by atoms with Crippen LogP contribution in [-0.2, 0) is 0 Å². The number of rotatable bonds is 1. The van der Waals surface area contributed by atoms with E-state index in [1.807, 2.05) is 0 Å². The molecule has 1 amide bonds. The molecule has 1 saturated heterocycles. The average molecular weight is 184 g/mol. The fourth-order valence-corrected chi connectivity index (χ4v) is 1.58. The molecule has 1 fully saturated rings. The highest BCUT2D eigenvalue weighted by atomic mass is 32.1. The number of hydrogen-bond donors (Lipinski definition) is 1. The Morgan fingerprint density at radius 1 is 1.75 bits per heavy atom. The van der Waals surface area contributed by atoms with Crippen LogP contribution in [0.15, 0.2) is 6.20 Å². The highest BCUT2D eigenvalue weighted by Crippen LogP contribution is 2.12. The Hall–Kier alpha value is -1.01. The lowest BCUT2D eigenvalue weighted by molar-refractivity contribution is 0.0613. The van der Waals surface area contributed by atoms with Gasteiger partial charge in [-0.3, -0.25) is 4.79 Å². The normalized spacial score (nSPS) is 17.6. The summed E-state index contributed by atoms with van der Waals surface area (Å²) in [6, 6.07) is 0.148. The van der Waals surface area contributed by atoms with Gasteiger partial charge in [-0.25, -0.2) is 0 Å². The van der Waals surface area contributed by atoms with Gasteiger partial charge in [0.1, 0.15) is 4.88 Å². The second kappa shape index (κ2) is 2.80. The van der Waals surface area contributed by atoms with Crippen LogP contribution >= 0.6 is 11.5 Å². The molecule has 12 heavy (non-hydrogen) atoms. The summed E-state index contributed by atoms with van der Waals surface area (Å²) in [7, 11) is 0. The van der Waals surface area contributed by atoms with E-state index in [1.54, 1.807) is 4.90 Å². The highest BCUT2D eigenvalue weighted by Gasteiger charge is 2.29. The molecule has 1 aliphatic heterocycles. The molecule has 1 aliphatic rings. The number of amides is 1. The smallest absolute Gasteiger partial charge is 0.267 e. The van der Waals surface area contributed by atoms with Gasteiger partial charge in [0.25, 0.3) is 5.91 Å². The maximum absolute atomic E-state index is 11.4. The molecule has 64 valence electrons. The van der Waals surface area contributed by atoms with E-state index < -0.39 is 0 Å². The molecule has 0 spiro atoms. The van der Waals surface area contributed by atoms with Gasteiger partial charge in [0.2, 0.25) is 0 Å². The van der Waals surface area contributed by atoms with Crippen molar-refractivity contribution in [3.8, 4) is 0 Å². The van der Waals surface area contributed by atoms with Crippen molar-refractivity contribution in [2.24, 2.45) is 5.73 Å². The Balaban J connectivity index is 2.03. The van der Waals surface area contributed by atoms with E-state index >= 15 is 0 Å². The first-order chi connectivity index (χ1) is 5.77. The SMILES string of the molecule is NC1CN(C(=O)c2cnns2)C1. The van der Waals surface area contributed by atoms with Crippen molar-refractivity contribution in [2.45, 2.75) is 6.04 Å². The first-order valence-corrected chi connectivity index (χ1v) is 4.37. The van der Waals surface area contributed by atoms with E-state index in [2.05, 4.69) is 9.59 Å². The first-order valence-electron chi connectivity index (χ1n) is 3.59. The Bertz CT molecular complexity index is 280. The van der Waals surface area contributed by atoms with E-state index in [4.69, 9.17) is 5.73 Å². The number of likely N-dealkylation sites (tertiary alicyclic amines) is 1. The van der Waals surface area contributed by atoms with Crippen molar-refractivity contribution in [1.82, 2.24) is 14.5 Å². The van der Waals surface area contributed by atoms with Crippen LogP contribution in [0.4, 0.5) is 0 Å². The lowest BCUT2D eigenvalue weighted by atomic mass is 10.1. The van der Waals surface area contributed by atoms with Crippen molar-refractivity contribution in [1.29, 1.82) is 0 Å². The molecule has 1 aromatic rings. The van der Waals surface area contributed by atoms with E-state index in [9.17, 15) is 4.79 Å². The van der Waals surface area contributed by atoms with Crippen LogP contribution in [0.2, 0.25) is 0 Å². The second-order valence-corrected chi connectivity index (χ2v) is 3.54. The number of aromatic nitrogens is 2. The molecule has 0 aromatic carbocycles. The van der Waals surface area contributed by atoms with Crippen LogP contribution < -0.4 is 5.73 Å².